The number of halogens is 1. The summed E-state index contributed by atoms with van der Waals surface area (Å²) in [6.07, 6.45) is 1.50. The van der Waals surface area contributed by atoms with Crippen molar-refractivity contribution in [2.24, 2.45) is 0 Å². The maximum absolute atomic E-state index is 5.79. The summed E-state index contributed by atoms with van der Waals surface area (Å²) in [5.74, 6) is 2.10. The van der Waals surface area contributed by atoms with Crippen LogP contribution in [0.5, 0.6) is 11.6 Å². The van der Waals surface area contributed by atoms with Crippen LogP contribution in [0.15, 0.2) is 35.1 Å². The van der Waals surface area contributed by atoms with Gasteiger partial charge in [-0.05, 0) is 41.9 Å². The average molecular weight is 308 g/mol. The van der Waals surface area contributed by atoms with Crippen molar-refractivity contribution in [1.29, 1.82) is 0 Å². The maximum atomic E-state index is 5.79. The van der Waals surface area contributed by atoms with Crippen molar-refractivity contribution in [1.82, 2.24) is 9.97 Å². The number of hydrogen-bond acceptors (Lipinski definition) is 4. The number of benzene rings is 1. The first-order chi connectivity index (χ1) is 8.72. The van der Waals surface area contributed by atoms with Gasteiger partial charge in [-0.25, -0.2) is 9.97 Å². The molecule has 0 fully saturated rings. The molecule has 0 amide bonds. The second kappa shape index (κ2) is 5.82. The van der Waals surface area contributed by atoms with Crippen LogP contribution in [0.3, 0.4) is 0 Å². The highest BCUT2D eigenvalue weighted by atomic mass is 79.9. The maximum Gasteiger partial charge on any atom is 0.227 e. The van der Waals surface area contributed by atoms with Crippen LogP contribution in [0, 0.1) is 6.92 Å². The van der Waals surface area contributed by atoms with Crippen molar-refractivity contribution in [2.45, 2.75) is 13.8 Å². The van der Waals surface area contributed by atoms with Crippen LogP contribution in [-0.4, -0.2) is 16.5 Å². The van der Waals surface area contributed by atoms with E-state index in [4.69, 9.17) is 4.74 Å². The fourth-order valence-electron chi connectivity index (χ4n) is 1.51. The molecular weight excluding hydrogens is 294 g/mol. The van der Waals surface area contributed by atoms with Gasteiger partial charge in [0.05, 0.1) is 10.0 Å². The van der Waals surface area contributed by atoms with Gasteiger partial charge in [0.2, 0.25) is 5.88 Å². The Morgan fingerprint density at radius 1 is 1.28 bits per heavy atom. The van der Waals surface area contributed by atoms with Gasteiger partial charge in [-0.15, -0.1) is 0 Å². The van der Waals surface area contributed by atoms with Crippen molar-refractivity contribution in [3.63, 3.8) is 0 Å². The summed E-state index contributed by atoms with van der Waals surface area (Å²) in [6.45, 7) is 4.77. The molecule has 2 aromatic rings. The second-order valence-corrected chi connectivity index (χ2v) is 4.57. The number of ether oxygens (including phenoxy) is 1. The summed E-state index contributed by atoms with van der Waals surface area (Å²) in [7, 11) is 0. The van der Waals surface area contributed by atoms with Gasteiger partial charge in [0.1, 0.15) is 17.9 Å². The molecule has 0 unspecified atom stereocenters. The predicted molar refractivity (Wildman–Crippen MR) is 75.1 cm³/mol. The van der Waals surface area contributed by atoms with Crippen LogP contribution in [0.2, 0.25) is 0 Å². The number of nitrogens with one attached hydrogen (secondary N) is 1. The molecule has 0 radical (unpaired) electrons. The first kappa shape index (κ1) is 12.8. The fourth-order valence-corrected chi connectivity index (χ4v) is 1.88. The van der Waals surface area contributed by atoms with Gasteiger partial charge in [-0.1, -0.05) is 12.1 Å². The van der Waals surface area contributed by atoms with Crippen LogP contribution in [0.1, 0.15) is 12.5 Å². The van der Waals surface area contributed by atoms with E-state index in [2.05, 4.69) is 31.2 Å². The lowest BCUT2D eigenvalue weighted by Gasteiger charge is -2.11. The Balaban J connectivity index is 2.30. The summed E-state index contributed by atoms with van der Waals surface area (Å²) in [5.41, 5.74) is 0.898. The van der Waals surface area contributed by atoms with E-state index in [1.165, 1.54) is 6.33 Å². The first-order valence-corrected chi connectivity index (χ1v) is 6.49. The Kier molecular flexibility index (Phi) is 4.15. The van der Waals surface area contributed by atoms with Crippen molar-refractivity contribution in [3.8, 4) is 11.6 Å². The third kappa shape index (κ3) is 2.79. The molecule has 5 heteroatoms. The highest BCUT2D eigenvalue weighted by molar-refractivity contribution is 9.10. The van der Waals surface area contributed by atoms with Gasteiger partial charge in [0.25, 0.3) is 0 Å². The monoisotopic (exact) mass is 307 g/mol. The normalized spacial score (nSPS) is 10.2. The Morgan fingerprint density at radius 3 is 2.78 bits per heavy atom. The Morgan fingerprint density at radius 2 is 2.06 bits per heavy atom. The number of aromatic nitrogens is 2. The number of para-hydroxylation sites is 1. The third-order valence-electron chi connectivity index (χ3n) is 2.43. The van der Waals surface area contributed by atoms with Crippen LogP contribution in [0.25, 0.3) is 0 Å². The quantitative estimate of drug-likeness (QED) is 0.934. The summed E-state index contributed by atoms with van der Waals surface area (Å²) in [6, 6.07) is 7.67. The van der Waals surface area contributed by atoms with Crippen LogP contribution < -0.4 is 10.1 Å². The van der Waals surface area contributed by atoms with Crippen molar-refractivity contribution in [2.75, 3.05) is 11.9 Å². The molecule has 0 aliphatic rings. The molecule has 2 rings (SSSR count). The second-order valence-electron chi connectivity index (χ2n) is 3.72. The van der Waals surface area contributed by atoms with Gasteiger partial charge in [0.15, 0.2) is 0 Å². The highest BCUT2D eigenvalue weighted by Crippen LogP contribution is 2.31. The van der Waals surface area contributed by atoms with E-state index in [1.54, 1.807) is 0 Å². The summed E-state index contributed by atoms with van der Waals surface area (Å²) < 4.78 is 6.69. The summed E-state index contributed by atoms with van der Waals surface area (Å²) >= 11 is 3.44. The molecule has 0 saturated carbocycles. The smallest absolute Gasteiger partial charge is 0.227 e. The zero-order chi connectivity index (χ0) is 13.0. The van der Waals surface area contributed by atoms with E-state index < -0.39 is 0 Å². The SMILES string of the molecule is CCNc1ncnc(Oc2ccccc2Br)c1C. The van der Waals surface area contributed by atoms with E-state index >= 15 is 0 Å². The molecule has 0 spiro atoms. The standard InChI is InChI=1S/C13H14BrN3O/c1-3-15-12-9(2)13(17-8-16-12)18-11-7-5-4-6-10(11)14/h4-8H,3H2,1-2H3,(H,15,16,17). The van der Waals surface area contributed by atoms with Gasteiger partial charge in [-0.2, -0.15) is 0 Å². The van der Waals surface area contributed by atoms with Crippen molar-refractivity contribution < 1.29 is 4.74 Å². The number of anilines is 1. The Bertz CT molecular complexity index is 546. The predicted octanol–water partition coefficient (Wildman–Crippen LogP) is 3.77. The molecule has 0 aliphatic heterocycles. The molecule has 18 heavy (non-hydrogen) atoms. The zero-order valence-corrected chi connectivity index (χ0v) is 11.9. The van der Waals surface area contributed by atoms with E-state index in [9.17, 15) is 0 Å². The van der Waals surface area contributed by atoms with E-state index in [0.717, 1.165) is 28.1 Å². The highest BCUT2D eigenvalue weighted by Gasteiger charge is 2.09. The average Bonchev–Trinajstić information content (AvgIpc) is 2.37. The van der Waals surface area contributed by atoms with E-state index in [-0.39, 0.29) is 0 Å². The minimum atomic E-state index is 0.563. The molecule has 94 valence electrons. The molecule has 0 saturated heterocycles. The summed E-state index contributed by atoms with van der Waals surface area (Å²) in [4.78, 5) is 8.34. The lowest BCUT2D eigenvalue weighted by Crippen LogP contribution is -2.03. The lowest BCUT2D eigenvalue weighted by atomic mass is 10.3. The molecular formula is C13H14BrN3O. The van der Waals surface area contributed by atoms with Crippen molar-refractivity contribution in [3.05, 3.63) is 40.6 Å². The van der Waals surface area contributed by atoms with Crippen LogP contribution in [0.4, 0.5) is 5.82 Å². The van der Waals surface area contributed by atoms with Gasteiger partial charge < -0.3 is 10.1 Å². The fraction of sp³-hybridized carbons (Fsp3) is 0.231. The first-order valence-electron chi connectivity index (χ1n) is 5.70. The number of rotatable bonds is 4. The molecule has 1 aromatic carbocycles. The van der Waals surface area contributed by atoms with Crippen LogP contribution in [-0.2, 0) is 0 Å². The largest absolute Gasteiger partial charge is 0.437 e. The zero-order valence-electron chi connectivity index (χ0n) is 10.3. The summed E-state index contributed by atoms with van der Waals surface area (Å²) in [5, 5.41) is 3.17. The Hall–Kier alpha value is -1.62. The molecule has 0 aliphatic carbocycles. The number of hydrogen-bond donors (Lipinski definition) is 1. The van der Waals surface area contributed by atoms with Gasteiger partial charge in [0, 0.05) is 6.54 Å². The number of nitrogens with zero attached hydrogens (tertiary/aromatic N) is 2. The molecule has 0 atom stereocenters. The topological polar surface area (TPSA) is 47.0 Å². The lowest BCUT2D eigenvalue weighted by molar-refractivity contribution is 0.455. The molecule has 0 bridgehead atoms. The minimum Gasteiger partial charge on any atom is -0.437 e. The molecule has 4 nitrogen and oxygen atoms in total. The minimum absolute atomic E-state index is 0.563. The Labute approximate surface area is 115 Å². The van der Waals surface area contributed by atoms with E-state index in [0.29, 0.717) is 5.88 Å². The third-order valence-corrected chi connectivity index (χ3v) is 3.08. The van der Waals surface area contributed by atoms with Gasteiger partial charge in [-0.3, -0.25) is 0 Å². The van der Waals surface area contributed by atoms with E-state index in [1.807, 2.05) is 38.1 Å². The van der Waals surface area contributed by atoms with Crippen LogP contribution >= 0.6 is 15.9 Å². The molecule has 1 N–H and O–H groups in total. The molecule has 1 heterocycles. The van der Waals surface area contributed by atoms with Gasteiger partial charge >= 0.3 is 0 Å². The van der Waals surface area contributed by atoms with Crippen molar-refractivity contribution >= 4 is 21.7 Å². The molecule has 1 aromatic heterocycles.